The highest BCUT2D eigenvalue weighted by Gasteiger charge is 2.20. The largest absolute Gasteiger partial charge is 0.304 e. The molecule has 2 nitrogen and oxygen atoms in total. The fourth-order valence-corrected chi connectivity index (χ4v) is 3.11. The van der Waals surface area contributed by atoms with Crippen LogP contribution in [-0.2, 0) is 13.0 Å². The van der Waals surface area contributed by atoms with Crippen molar-refractivity contribution in [1.29, 1.82) is 0 Å². The first kappa shape index (κ1) is 13.7. The lowest BCUT2D eigenvalue weighted by atomic mass is 9.92. The monoisotopic (exact) mass is 334 g/mol. The van der Waals surface area contributed by atoms with E-state index < -0.39 is 0 Å². The molecule has 4 heteroatoms. The Morgan fingerprint density at radius 1 is 1.35 bits per heavy atom. The molecule has 1 aliphatic carbocycles. The summed E-state index contributed by atoms with van der Waals surface area (Å²) in [6, 6.07) is 9.18. The Labute approximate surface area is 126 Å². The van der Waals surface area contributed by atoms with Crippen molar-refractivity contribution in [2.75, 3.05) is 0 Å². The van der Waals surface area contributed by atoms with Gasteiger partial charge in [-0.15, -0.1) is 0 Å². The molecule has 1 aromatic heterocycles. The fraction of sp³-hybridized carbons (Fsp3) is 0.312. The van der Waals surface area contributed by atoms with Gasteiger partial charge in [0, 0.05) is 17.2 Å². The molecular formula is C16H16BrFN2. The minimum atomic E-state index is -0.202. The molecule has 2 aromatic rings. The summed E-state index contributed by atoms with van der Waals surface area (Å²) in [6.45, 7) is 0.638. The Kier molecular flexibility index (Phi) is 4.13. The molecule has 1 heterocycles. The number of fused-ring (bicyclic) bond motifs is 1. The minimum Gasteiger partial charge on any atom is -0.304 e. The quantitative estimate of drug-likeness (QED) is 0.911. The van der Waals surface area contributed by atoms with Crippen LogP contribution in [0.4, 0.5) is 4.39 Å². The molecule has 20 heavy (non-hydrogen) atoms. The zero-order valence-electron chi connectivity index (χ0n) is 11.1. The van der Waals surface area contributed by atoms with Gasteiger partial charge >= 0.3 is 0 Å². The van der Waals surface area contributed by atoms with E-state index in [4.69, 9.17) is 0 Å². The number of hydrogen-bond donors (Lipinski definition) is 1. The fourth-order valence-electron chi connectivity index (χ4n) is 2.72. The molecule has 1 aromatic carbocycles. The van der Waals surface area contributed by atoms with E-state index in [1.807, 2.05) is 12.3 Å². The number of nitrogens with zero attached hydrogens (tertiary/aromatic N) is 1. The van der Waals surface area contributed by atoms with Crippen LogP contribution < -0.4 is 5.32 Å². The van der Waals surface area contributed by atoms with Crippen LogP contribution in [-0.4, -0.2) is 4.98 Å². The van der Waals surface area contributed by atoms with Gasteiger partial charge in [0.05, 0.1) is 11.7 Å². The molecule has 0 saturated carbocycles. The van der Waals surface area contributed by atoms with E-state index in [0.717, 1.165) is 28.6 Å². The molecule has 1 unspecified atom stereocenters. The zero-order valence-corrected chi connectivity index (χ0v) is 12.7. The standard InChI is InChI=1S/C16H16BrFN2/c17-14-7-6-13(18)9-12(14)10-20-15-5-1-3-11-4-2-8-19-16(11)15/h2,4,6-9,15,20H,1,3,5,10H2. The third kappa shape index (κ3) is 2.91. The van der Waals surface area contributed by atoms with Crippen LogP contribution in [0.25, 0.3) is 0 Å². The number of nitrogens with one attached hydrogen (secondary N) is 1. The maximum atomic E-state index is 13.3. The predicted molar refractivity (Wildman–Crippen MR) is 80.9 cm³/mol. The van der Waals surface area contributed by atoms with Gasteiger partial charge < -0.3 is 5.32 Å². The molecule has 0 radical (unpaired) electrons. The highest BCUT2D eigenvalue weighted by atomic mass is 79.9. The van der Waals surface area contributed by atoms with E-state index in [9.17, 15) is 4.39 Å². The first-order valence-electron chi connectivity index (χ1n) is 6.85. The maximum Gasteiger partial charge on any atom is 0.123 e. The maximum absolute atomic E-state index is 13.3. The van der Waals surface area contributed by atoms with Crippen molar-refractivity contribution in [2.24, 2.45) is 0 Å². The van der Waals surface area contributed by atoms with E-state index in [2.05, 4.69) is 32.3 Å². The molecule has 1 N–H and O–H groups in total. The van der Waals surface area contributed by atoms with Crippen LogP contribution in [0.5, 0.6) is 0 Å². The summed E-state index contributed by atoms with van der Waals surface area (Å²) in [5.74, 6) is -0.202. The number of pyridine rings is 1. The van der Waals surface area contributed by atoms with Crippen molar-refractivity contribution in [1.82, 2.24) is 10.3 Å². The molecule has 1 aliphatic rings. The Hall–Kier alpha value is -1.26. The van der Waals surface area contributed by atoms with Gasteiger partial charge in [0.1, 0.15) is 5.82 Å². The Bertz CT molecular complexity index is 615. The normalized spacial score (nSPS) is 17.8. The smallest absolute Gasteiger partial charge is 0.123 e. The molecule has 0 bridgehead atoms. The molecule has 3 rings (SSSR count). The van der Waals surface area contributed by atoms with Crippen LogP contribution >= 0.6 is 15.9 Å². The van der Waals surface area contributed by atoms with Crippen molar-refractivity contribution in [3.05, 3.63) is 63.6 Å². The van der Waals surface area contributed by atoms with Gasteiger partial charge in [-0.25, -0.2) is 4.39 Å². The summed E-state index contributed by atoms with van der Waals surface area (Å²) in [6.07, 6.45) is 5.19. The molecule has 0 saturated heterocycles. The Morgan fingerprint density at radius 3 is 3.15 bits per heavy atom. The van der Waals surface area contributed by atoms with E-state index in [1.165, 1.54) is 18.1 Å². The summed E-state index contributed by atoms with van der Waals surface area (Å²) in [4.78, 5) is 4.50. The first-order valence-corrected chi connectivity index (χ1v) is 7.64. The van der Waals surface area contributed by atoms with Gasteiger partial charge in [-0.1, -0.05) is 22.0 Å². The second kappa shape index (κ2) is 6.02. The van der Waals surface area contributed by atoms with E-state index in [0.29, 0.717) is 6.54 Å². The number of hydrogen-bond acceptors (Lipinski definition) is 2. The average molecular weight is 335 g/mol. The predicted octanol–water partition coefficient (Wildman–Crippen LogP) is 4.15. The van der Waals surface area contributed by atoms with Crippen LogP contribution in [0.3, 0.4) is 0 Å². The number of aryl methyl sites for hydroxylation is 1. The summed E-state index contributed by atoms with van der Waals surface area (Å²) in [7, 11) is 0. The van der Waals surface area contributed by atoms with Crippen molar-refractivity contribution < 1.29 is 4.39 Å². The second-order valence-electron chi connectivity index (χ2n) is 5.11. The van der Waals surface area contributed by atoms with Crippen LogP contribution in [0, 0.1) is 5.82 Å². The van der Waals surface area contributed by atoms with Crippen molar-refractivity contribution in [3.8, 4) is 0 Å². The van der Waals surface area contributed by atoms with E-state index in [1.54, 1.807) is 12.1 Å². The summed E-state index contributed by atoms with van der Waals surface area (Å²) in [5, 5.41) is 3.50. The van der Waals surface area contributed by atoms with Crippen LogP contribution in [0.15, 0.2) is 41.0 Å². The Balaban J connectivity index is 1.75. The lowest BCUT2D eigenvalue weighted by Crippen LogP contribution is -2.26. The van der Waals surface area contributed by atoms with E-state index in [-0.39, 0.29) is 11.9 Å². The van der Waals surface area contributed by atoms with Crippen molar-refractivity contribution >= 4 is 15.9 Å². The minimum absolute atomic E-state index is 0.202. The number of halogens is 2. The van der Waals surface area contributed by atoms with Crippen LogP contribution in [0.1, 0.15) is 35.7 Å². The number of rotatable bonds is 3. The van der Waals surface area contributed by atoms with Gasteiger partial charge in [0.15, 0.2) is 0 Å². The van der Waals surface area contributed by atoms with Crippen LogP contribution in [0.2, 0.25) is 0 Å². The van der Waals surface area contributed by atoms with Gasteiger partial charge in [-0.05, 0) is 54.7 Å². The van der Waals surface area contributed by atoms with Crippen molar-refractivity contribution in [3.63, 3.8) is 0 Å². The van der Waals surface area contributed by atoms with Crippen molar-refractivity contribution in [2.45, 2.75) is 31.8 Å². The summed E-state index contributed by atoms with van der Waals surface area (Å²) < 4.78 is 14.2. The average Bonchev–Trinajstić information content (AvgIpc) is 2.48. The highest BCUT2D eigenvalue weighted by molar-refractivity contribution is 9.10. The third-order valence-electron chi connectivity index (χ3n) is 3.74. The number of aromatic nitrogens is 1. The first-order chi connectivity index (χ1) is 9.74. The van der Waals surface area contributed by atoms with E-state index >= 15 is 0 Å². The number of benzene rings is 1. The second-order valence-corrected chi connectivity index (χ2v) is 5.96. The Morgan fingerprint density at radius 2 is 2.25 bits per heavy atom. The third-order valence-corrected chi connectivity index (χ3v) is 4.52. The SMILES string of the molecule is Fc1ccc(Br)c(CNC2CCCc3cccnc32)c1. The topological polar surface area (TPSA) is 24.9 Å². The molecular weight excluding hydrogens is 319 g/mol. The van der Waals surface area contributed by atoms with Gasteiger partial charge in [0.25, 0.3) is 0 Å². The lowest BCUT2D eigenvalue weighted by Gasteiger charge is -2.25. The zero-order chi connectivity index (χ0) is 13.9. The lowest BCUT2D eigenvalue weighted by molar-refractivity contribution is 0.446. The van der Waals surface area contributed by atoms with Gasteiger partial charge in [-0.3, -0.25) is 4.98 Å². The molecule has 1 atom stereocenters. The van der Waals surface area contributed by atoms with Gasteiger partial charge in [-0.2, -0.15) is 0 Å². The molecule has 104 valence electrons. The van der Waals surface area contributed by atoms with Gasteiger partial charge in [0.2, 0.25) is 0 Å². The summed E-state index contributed by atoms with van der Waals surface area (Å²) >= 11 is 3.46. The molecule has 0 aliphatic heterocycles. The molecule has 0 fully saturated rings. The highest BCUT2D eigenvalue weighted by Crippen LogP contribution is 2.28. The summed E-state index contributed by atoms with van der Waals surface area (Å²) in [5.41, 5.74) is 3.41. The molecule has 0 amide bonds. The molecule has 0 spiro atoms.